The molecular weight excluding hydrogens is 289 g/mol. The van der Waals surface area contributed by atoms with Gasteiger partial charge in [-0.3, -0.25) is 0 Å². The summed E-state index contributed by atoms with van der Waals surface area (Å²) in [4.78, 5) is 0. The molecule has 0 fully saturated rings. The molecule has 0 saturated carbocycles. The SMILES string of the molecule is COc1ccc(F)cc1C(C)Cc1ccc(C(C)C)c(C#N)c1. The summed E-state index contributed by atoms with van der Waals surface area (Å²) in [5, 5.41) is 9.34. The third-order valence-corrected chi connectivity index (χ3v) is 4.12. The van der Waals surface area contributed by atoms with Gasteiger partial charge in [0.1, 0.15) is 11.6 Å². The normalized spacial score (nSPS) is 12.0. The highest BCUT2D eigenvalue weighted by Crippen LogP contribution is 2.30. The molecular formula is C20H22FNO. The quantitative estimate of drug-likeness (QED) is 0.762. The molecule has 0 aliphatic carbocycles. The Morgan fingerprint density at radius 2 is 1.83 bits per heavy atom. The van der Waals surface area contributed by atoms with Gasteiger partial charge in [-0.2, -0.15) is 5.26 Å². The largest absolute Gasteiger partial charge is 0.496 e. The lowest BCUT2D eigenvalue weighted by Gasteiger charge is -2.17. The summed E-state index contributed by atoms with van der Waals surface area (Å²) < 4.78 is 18.9. The van der Waals surface area contributed by atoms with E-state index in [2.05, 4.69) is 26.0 Å². The minimum absolute atomic E-state index is 0.0945. The van der Waals surface area contributed by atoms with Crippen molar-refractivity contribution in [3.8, 4) is 11.8 Å². The number of hydrogen-bond donors (Lipinski definition) is 0. The fraction of sp³-hybridized carbons (Fsp3) is 0.350. The summed E-state index contributed by atoms with van der Waals surface area (Å²) >= 11 is 0. The first kappa shape index (κ1) is 17.0. The van der Waals surface area contributed by atoms with E-state index in [-0.39, 0.29) is 11.7 Å². The van der Waals surface area contributed by atoms with E-state index in [0.717, 1.165) is 28.7 Å². The number of hydrogen-bond acceptors (Lipinski definition) is 2. The maximum absolute atomic E-state index is 13.5. The van der Waals surface area contributed by atoms with Crippen molar-refractivity contribution in [2.24, 2.45) is 0 Å². The summed E-state index contributed by atoms with van der Waals surface area (Å²) in [6.07, 6.45) is 0.729. The Kier molecular flexibility index (Phi) is 5.39. The number of benzene rings is 2. The summed E-state index contributed by atoms with van der Waals surface area (Å²) in [6, 6.07) is 12.9. The molecule has 120 valence electrons. The molecule has 2 rings (SSSR count). The number of nitriles is 1. The van der Waals surface area contributed by atoms with Crippen LogP contribution in [-0.4, -0.2) is 7.11 Å². The van der Waals surface area contributed by atoms with Crippen LogP contribution in [-0.2, 0) is 6.42 Å². The number of rotatable bonds is 5. The summed E-state index contributed by atoms with van der Waals surface area (Å²) in [5.41, 5.74) is 3.70. The lowest BCUT2D eigenvalue weighted by Crippen LogP contribution is -2.03. The van der Waals surface area contributed by atoms with Crippen LogP contribution >= 0.6 is 0 Å². The second-order valence-electron chi connectivity index (χ2n) is 6.18. The van der Waals surface area contributed by atoms with Gasteiger partial charge in [0.25, 0.3) is 0 Å². The van der Waals surface area contributed by atoms with Crippen molar-refractivity contribution in [1.29, 1.82) is 5.26 Å². The maximum atomic E-state index is 13.5. The van der Waals surface area contributed by atoms with Crippen molar-refractivity contribution in [2.45, 2.75) is 39.0 Å². The maximum Gasteiger partial charge on any atom is 0.123 e. The zero-order valence-electron chi connectivity index (χ0n) is 14.1. The third-order valence-electron chi connectivity index (χ3n) is 4.12. The smallest absolute Gasteiger partial charge is 0.123 e. The van der Waals surface area contributed by atoms with Crippen LogP contribution in [0.3, 0.4) is 0 Å². The molecule has 0 amide bonds. The van der Waals surface area contributed by atoms with Crippen LogP contribution in [0.2, 0.25) is 0 Å². The molecule has 0 aromatic heterocycles. The topological polar surface area (TPSA) is 33.0 Å². The monoisotopic (exact) mass is 311 g/mol. The Balaban J connectivity index is 2.29. The molecule has 1 unspecified atom stereocenters. The van der Waals surface area contributed by atoms with E-state index >= 15 is 0 Å². The summed E-state index contributed by atoms with van der Waals surface area (Å²) in [5.74, 6) is 0.843. The fourth-order valence-electron chi connectivity index (χ4n) is 2.88. The van der Waals surface area contributed by atoms with Gasteiger partial charge in [-0.05, 0) is 53.6 Å². The molecule has 0 N–H and O–H groups in total. The van der Waals surface area contributed by atoms with Crippen LogP contribution in [0.5, 0.6) is 5.75 Å². The highest BCUT2D eigenvalue weighted by atomic mass is 19.1. The molecule has 23 heavy (non-hydrogen) atoms. The number of halogens is 1. The predicted molar refractivity (Wildman–Crippen MR) is 90.3 cm³/mol. The standard InChI is InChI=1S/C20H22FNO/c1-13(2)18-7-5-15(10-16(18)12-22)9-14(3)19-11-17(21)6-8-20(19)23-4/h5-8,10-11,13-14H,9H2,1-4H3. The van der Waals surface area contributed by atoms with Crippen molar-refractivity contribution < 1.29 is 9.13 Å². The van der Waals surface area contributed by atoms with Crippen molar-refractivity contribution in [3.05, 3.63) is 64.5 Å². The minimum atomic E-state index is -0.263. The molecule has 0 aliphatic heterocycles. The van der Waals surface area contributed by atoms with Crippen molar-refractivity contribution in [2.75, 3.05) is 7.11 Å². The molecule has 2 aromatic rings. The summed E-state index contributed by atoms with van der Waals surface area (Å²) in [6.45, 7) is 6.20. The Morgan fingerprint density at radius 1 is 1.09 bits per heavy atom. The molecule has 2 aromatic carbocycles. The van der Waals surface area contributed by atoms with Crippen molar-refractivity contribution in [1.82, 2.24) is 0 Å². The van der Waals surface area contributed by atoms with E-state index in [1.807, 2.05) is 19.1 Å². The lowest BCUT2D eigenvalue weighted by molar-refractivity contribution is 0.405. The Bertz CT molecular complexity index is 731. The lowest BCUT2D eigenvalue weighted by atomic mass is 9.90. The van der Waals surface area contributed by atoms with Crippen LogP contribution in [0, 0.1) is 17.1 Å². The molecule has 0 heterocycles. The van der Waals surface area contributed by atoms with Gasteiger partial charge in [0.2, 0.25) is 0 Å². The molecule has 3 heteroatoms. The van der Waals surface area contributed by atoms with Gasteiger partial charge in [-0.15, -0.1) is 0 Å². The fourth-order valence-corrected chi connectivity index (χ4v) is 2.88. The average molecular weight is 311 g/mol. The van der Waals surface area contributed by atoms with E-state index in [0.29, 0.717) is 11.7 Å². The van der Waals surface area contributed by atoms with Crippen LogP contribution in [0.4, 0.5) is 4.39 Å². The highest BCUT2D eigenvalue weighted by Gasteiger charge is 2.15. The molecule has 1 atom stereocenters. The van der Waals surface area contributed by atoms with Crippen LogP contribution in [0.15, 0.2) is 36.4 Å². The first-order valence-electron chi connectivity index (χ1n) is 7.82. The summed E-state index contributed by atoms with van der Waals surface area (Å²) in [7, 11) is 1.59. The zero-order valence-corrected chi connectivity index (χ0v) is 14.1. The number of nitrogens with zero attached hydrogens (tertiary/aromatic N) is 1. The van der Waals surface area contributed by atoms with Crippen LogP contribution < -0.4 is 4.74 Å². The highest BCUT2D eigenvalue weighted by molar-refractivity contribution is 5.43. The van der Waals surface area contributed by atoms with Gasteiger partial charge in [0, 0.05) is 5.56 Å². The average Bonchev–Trinajstić information content (AvgIpc) is 2.54. The molecule has 0 aliphatic rings. The van der Waals surface area contributed by atoms with Gasteiger partial charge in [0.05, 0.1) is 18.7 Å². The molecule has 0 saturated heterocycles. The predicted octanol–water partition coefficient (Wildman–Crippen LogP) is 5.18. The first-order chi connectivity index (χ1) is 11.0. The van der Waals surface area contributed by atoms with Crippen molar-refractivity contribution >= 4 is 0 Å². The van der Waals surface area contributed by atoms with Crippen molar-refractivity contribution in [3.63, 3.8) is 0 Å². The molecule has 0 spiro atoms. The Labute approximate surface area is 137 Å². The zero-order chi connectivity index (χ0) is 17.0. The van der Waals surface area contributed by atoms with Crippen LogP contribution in [0.25, 0.3) is 0 Å². The molecule has 0 bridgehead atoms. The van der Waals surface area contributed by atoms with Crippen LogP contribution in [0.1, 0.15) is 54.9 Å². The van der Waals surface area contributed by atoms with E-state index in [9.17, 15) is 9.65 Å². The Morgan fingerprint density at radius 3 is 2.43 bits per heavy atom. The van der Waals surface area contributed by atoms with Gasteiger partial charge >= 0.3 is 0 Å². The number of ether oxygens (including phenoxy) is 1. The molecule has 0 radical (unpaired) electrons. The van der Waals surface area contributed by atoms with E-state index in [1.165, 1.54) is 12.1 Å². The second-order valence-corrected chi connectivity index (χ2v) is 6.18. The van der Waals surface area contributed by atoms with Gasteiger partial charge < -0.3 is 4.74 Å². The van der Waals surface area contributed by atoms with Gasteiger partial charge in [-0.25, -0.2) is 4.39 Å². The third kappa shape index (κ3) is 3.90. The first-order valence-corrected chi connectivity index (χ1v) is 7.82. The second kappa shape index (κ2) is 7.28. The Hall–Kier alpha value is -2.34. The van der Waals surface area contributed by atoms with Gasteiger partial charge in [-0.1, -0.05) is 32.9 Å². The molecule has 2 nitrogen and oxygen atoms in total. The van der Waals surface area contributed by atoms with E-state index < -0.39 is 0 Å². The minimum Gasteiger partial charge on any atom is -0.496 e. The van der Waals surface area contributed by atoms with E-state index in [4.69, 9.17) is 4.74 Å². The van der Waals surface area contributed by atoms with Gasteiger partial charge in [0.15, 0.2) is 0 Å². The number of methoxy groups -OCH3 is 1. The van der Waals surface area contributed by atoms with E-state index in [1.54, 1.807) is 13.2 Å².